The van der Waals surface area contributed by atoms with E-state index in [4.69, 9.17) is 4.74 Å². The van der Waals surface area contributed by atoms with E-state index in [1.165, 1.54) is 9.80 Å². The minimum atomic E-state index is 0.0907. The van der Waals surface area contributed by atoms with Crippen molar-refractivity contribution in [3.63, 3.8) is 0 Å². The average molecular weight is 242 g/mol. The molecule has 0 unspecified atom stereocenters. The van der Waals surface area contributed by atoms with Crippen LogP contribution in [0.5, 0.6) is 5.75 Å². The highest BCUT2D eigenvalue weighted by Gasteiger charge is 2.21. The van der Waals surface area contributed by atoms with E-state index in [2.05, 4.69) is 44.2 Å². The van der Waals surface area contributed by atoms with Gasteiger partial charge in [0.25, 0.3) is 0 Å². The van der Waals surface area contributed by atoms with Crippen molar-refractivity contribution in [2.24, 2.45) is 5.41 Å². The third-order valence-electron chi connectivity index (χ3n) is 2.86. The number of para-hydroxylation sites is 1. The van der Waals surface area contributed by atoms with Crippen LogP contribution in [-0.2, 0) is 0 Å². The molecule has 1 nitrogen and oxygen atoms in total. The minimum Gasteiger partial charge on any atom is -0.455 e. The summed E-state index contributed by atoms with van der Waals surface area (Å²) in [5, 5.41) is 0. The first-order valence-corrected chi connectivity index (χ1v) is 6.53. The molecule has 86 valence electrons. The predicted octanol–water partition coefficient (Wildman–Crippen LogP) is 4.53. The Morgan fingerprint density at radius 2 is 1.82 bits per heavy atom. The van der Waals surface area contributed by atoms with Crippen LogP contribution in [-0.4, -0.2) is 0 Å². The van der Waals surface area contributed by atoms with Crippen LogP contribution in [0.15, 0.2) is 64.1 Å². The van der Waals surface area contributed by atoms with Gasteiger partial charge < -0.3 is 4.74 Å². The summed E-state index contributed by atoms with van der Waals surface area (Å²) in [6, 6.07) is 8.16. The van der Waals surface area contributed by atoms with Gasteiger partial charge in [0.2, 0.25) is 0 Å². The van der Waals surface area contributed by atoms with Crippen molar-refractivity contribution in [3.8, 4) is 5.75 Å². The fraction of sp³-hybridized carbons (Fsp3) is 0.200. The van der Waals surface area contributed by atoms with Crippen LogP contribution in [0.25, 0.3) is 0 Å². The fourth-order valence-corrected chi connectivity index (χ4v) is 2.77. The molecule has 0 radical (unpaired) electrons. The fourth-order valence-electron chi connectivity index (χ4n) is 1.83. The molecule has 0 N–H and O–H groups in total. The number of hydrogen-bond acceptors (Lipinski definition) is 2. The number of ether oxygens (including phenoxy) is 1. The van der Waals surface area contributed by atoms with Gasteiger partial charge in [-0.3, -0.25) is 0 Å². The van der Waals surface area contributed by atoms with Crippen molar-refractivity contribution in [2.75, 3.05) is 0 Å². The lowest BCUT2D eigenvalue weighted by Crippen LogP contribution is -2.01. The highest BCUT2D eigenvalue weighted by atomic mass is 32.2. The summed E-state index contributed by atoms with van der Waals surface area (Å²) in [6.07, 6.45) is 8.64. The SMILES string of the molecule is CC1(C)C=CC2=C(C=C1)Sc1ccccc1O2. The number of allylic oxidation sites excluding steroid dienone is 4. The maximum Gasteiger partial charge on any atom is 0.141 e. The third kappa shape index (κ3) is 2.05. The summed E-state index contributed by atoms with van der Waals surface area (Å²) in [6.45, 7) is 4.38. The first-order chi connectivity index (χ1) is 8.14. The van der Waals surface area contributed by atoms with Gasteiger partial charge in [0.1, 0.15) is 11.5 Å². The van der Waals surface area contributed by atoms with Crippen molar-refractivity contribution in [2.45, 2.75) is 18.7 Å². The summed E-state index contributed by atoms with van der Waals surface area (Å²) in [4.78, 5) is 2.37. The maximum atomic E-state index is 5.93. The molecule has 3 rings (SSSR count). The lowest BCUT2D eigenvalue weighted by Gasteiger charge is -2.18. The van der Waals surface area contributed by atoms with Crippen molar-refractivity contribution >= 4 is 11.8 Å². The topological polar surface area (TPSA) is 9.23 Å². The zero-order valence-corrected chi connectivity index (χ0v) is 10.8. The van der Waals surface area contributed by atoms with E-state index in [9.17, 15) is 0 Å². The molecule has 17 heavy (non-hydrogen) atoms. The zero-order chi connectivity index (χ0) is 11.9. The molecular formula is C15H14OS. The highest BCUT2D eigenvalue weighted by Crippen LogP contribution is 2.43. The van der Waals surface area contributed by atoms with Gasteiger partial charge in [0.15, 0.2) is 0 Å². The second kappa shape index (κ2) is 3.81. The molecule has 0 atom stereocenters. The largest absolute Gasteiger partial charge is 0.455 e. The second-order valence-corrected chi connectivity index (χ2v) is 5.95. The van der Waals surface area contributed by atoms with Gasteiger partial charge in [-0.25, -0.2) is 0 Å². The number of fused-ring (bicyclic) bond motifs is 1. The Bertz CT molecular complexity index is 503. The molecule has 1 aromatic rings. The summed E-state index contributed by atoms with van der Waals surface area (Å²) in [7, 11) is 0. The lowest BCUT2D eigenvalue weighted by molar-refractivity contribution is 0.429. The van der Waals surface area contributed by atoms with Crippen LogP contribution in [0, 0.1) is 5.41 Å². The number of benzene rings is 1. The van der Waals surface area contributed by atoms with E-state index in [0.717, 1.165) is 11.5 Å². The van der Waals surface area contributed by atoms with Gasteiger partial charge in [0, 0.05) is 5.41 Å². The highest BCUT2D eigenvalue weighted by molar-refractivity contribution is 8.03. The van der Waals surface area contributed by atoms with Gasteiger partial charge in [0.05, 0.1) is 9.80 Å². The van der Waals surface area contributed by atoms with Crippen molar-refractivity contribution in [1.29, 1.82) is 0 Å². The Hall–Kier alpha value is -1.41. The Morgan fingerprint density at radius 1 is 1.06 bits per heavy atom. The van der Waals surface area contributed by atoms with Crippen LogP contribution < -0.4 is 4.74 Å². The Morgan fingerprint density at radius 3 is 2.71 bits per heavy atom. The van der Waals surface area contributed by atoms with Gasteiger partial charge in [-0.05, 0) is 24.3 Å². The molecule has 1 aliphatic heterocycles. The monoisotopic (exact) mass is 242 g/mol. The summed E-state index contributed by atoms with van der Waals surface area (Å²) >= 11 is 1.77. The molecular weight excluding hydrogens is 228 g/mol. The molecule has 1 aliphatic carbocycles. The second-order valence-electron chi connectivity index (χ2n) is 4.87. The van der Waals surface area contributed by atoms with Crippen LogP contribution in [0.2, 0.25) is 0 Å². The smallest absolute Gasteiger partial charge is 0.141 e. The molecule has 1 heterocycles. The van der Waals surface area contributed by atoms with Gasteiger partial charge in [-0.15, -0.1) is 0 Å². The van der Waals surface area contributed by atoms with E-state index in [1.807, 2.05) is 18.2 Å². The summed E-state index contributed by atoms with van der Waals surface area (Å²) < 4.78 is 5.93. The number of rotatable bonds is 0. The van der Waals surface area contributed by atoms with E-state index >= 15 is 0 Å². The van der Waals surface area contributed by atoms with E-state index in [1.54, 1.807) is 11.8 Å². The molecule has 2 aliphatic rings. The molecule has 1 aromatic carbocycles. The molecule has 0 fully saturated rings. The maximum absolute atomic E-state index is 5.93. The van der Waals surface area contributed by atoms with E-state index < -0.39 is 0 Å². The zero-order valence-electron chi connectivity index (χ0n) is 9.94. The van der Waals surface area contributed by atoms with Crippen LogP contribution >= 0.6 is 11.8 Å². The Kier molecular flexibility index (Phi) is 2.40. The third-order valence-corrected chi connectivity index (χ3v) is 3.97. The predicted molar refractivity (Wildman–Crippen MR) is 72.0 cm³/mol. The van der Waals surface area contributed by atoms with Crippen molar-refractivity contribution < 1.29 is 4.74 Å². The van der Waals surface area contributed by atoms with Gasteiger partial charge in [-0.1, -0.05) is 49.9 Å². The first kappa shape index (κ1) is 10.7. The molecule has 0 saturated heterocycles. The number of hydrogen-bond donors (Lipinski definition) is 0. The van der Waals surface area contributed by atoms with Crippen LogP contribution in [0.4, 0.5) is 0 Å². The normalized spacial score (nSPS) is 20.4. The molecule has 0 aromatic heterocycles. The molecule has 0 saturated carbocycles. The summed E-state index contributed by atoms with van der Waals surface area (Å²) in [5.74, 6) is 1.91. The first-order valence-electron chi connectivity index (χ1n) is 5.72. The van der Waals surface area contributed by atoms with E-state index in [-0.39, 0.29) is 5.41 Å². The molecule has 0 amide bonds. The quantitative estimate of drug-likeness (QED) is 0.660. The minimum absolute atomic E-state index is 0.0907. The Balaban J connectivity index is 2.02. The Labute approximate surface area is 106 Å². The summed E-state index contributed by atoms with van der Waals surface area (Å²) in [5.41, 5.74) is 0.0907. The van der Waals surface area contributed by atoms with Crippen LogP contribution in [0.1, 0.15) is 13.8 Å². The average Bonchev–Trinajstić information content (AvgIpc) is 2.47. The molecule has 0 bridgehead atoms. The van der Waals surface area contributed by atoms with Gasteiger partial charge >= 0.3 is 0 Å². The van der Waals surface area contributed by atoms with Crippen LogP contribution in [0.3, 0.4) is 0 Å². The van der Waals surface area contributed by atoms with Crippen molar-refractivity contribution in [1.82, 2.24) is 0 Å². The standard InChI is InChI=1S/C15H14OS/c1-15(2)9-7-12-14(8-10-15)17-13-6-4-3-5-11(13)16-12/h3-10H,1-2H3. The van der Waals surface area contributed by atoms with Crippen molar-refractivity contribution in [3.05, 3.63) is 59.2 Å². The van der Waals surface area contributed by atoms with E-state index in [0.29, 0.717) is 0 Å². The molecule has 0 spiro atoms. The number of thioether (sulfide) groups is 1. The lowest BCUT2D eigenvalue weighted by atomic mass is 9.93. The molecule has 2 heteroatoms. The van der Waals surface area contributed by atoms with Gasteiger partial charge in [-0.2, -0.15) is 0 Å².